The molecule has 1 aromatic rings. The molecule has 0 aliphatic heterocycles. The molecule has 4 nitrogen and oxygen atoms in total. The molecule has 1 rings (SSSR count). The first kappa shape index (κ1) is 15.3. The number of anilines is 1. The van der Waals surface area contributed by atoms with Gasteiger partial charge in [0.1, 0.15) is 6.54 Å². The van der Waals surface area contributed by atoms with Crippen LogP contribution < -0.4 is 4.31 Å². The zero-order valence-corrected chi connectivity index (χ0v) is 12.3. The van der Waals surface area contributed by atoms with Crippen LogP contribution in [0.1, 0.15) is 12.5 Å². The maximum atomic E-state index is 11.9. The van der Waals surface area contributed by atoms with E-state index < -0.39 is 21.8 Å². The molecule has 1 aromatic carbocycles. The standard InChI is InChI=1S/C11H13Cl2NO3S/c1-3-18(16,17)14(7-11(13)15)9-4-5-10(12)8(2)6-9/h4-6H,3,7H2,1-2H3. The number of aryl methyl sites for hydroxylation is 1. The lowest BCUT2D eigenvalue weighted by Gasteiger charge is -2.22. The van der Waals surface area contributed by atoms with Crippen molar-refractivity contribution in [1.29, 1.82) is 0 Å². The van der Waals surface area contributed by atoms with Crippen LogP contribution in [-0.4, -0.2) is 26.0 Å². The normalized spacial score (nSPS) is 11.3. The van der Waals surface area contributed by atoms with Gasteiger partial charge in [0.15, 0.2) is 0 Å². The molecule has 0 fully saturated rings. The smallest absolute Gasteiger partial charge is 0.242 e. The maximum absolute atomic E-state index is 11.9. The van der Waals surface area contributed by atoms with Crippen molar-refractivity contribution in [3.8, 4) is 0 Å². The second-order valence-electron chi connectivity index (χ2n) is 3.70. The van der Waals surface area contributed by atoms with Crippen molar-refractivity contribution in [3.63, 3.8) is 0 Å². The van der Waals surface area contributed by atoms with Crippen molar-refractivity contribution >= 4 is 44.2 Å². The summed E-state index contributed by atoms with van der Waals surface area (Å²) in [6, 6.07) is 4.74. The van der Waals surface area contributed by atoms with Gasteiger partial charge in [0, 0.05) is 5.02 Å². The van der Waals surface area contributed by atoms with E-state index in [9.17, 15) is 13.2 Å². The third-order valence-electron chi connectivity index (χ3n) is 2.40. The molecule has 0 saturated heterocycles. The molecule has 7 heteroatoms. The van der Waals surface area contributed by atoms with E-state index in [4.69, 9.17) is 23.2 Å². The van der Waals surface area contributed by atoms with Crippen LogP contribution in [0.15, 0.2) is 18.2 Å². The Morgan fingerprint density at radius 3 is 2.44 bits per heavy atom. The lowest BCUT2D eigenvalue weighted by atomic mass is 10.2. The van der Waals surface area contributed by atoms with Crippen LogP contribution >= 0.6 is 23.2 Å². The molecular formula is C11H13Cl2NO3S. The summed E-state index contributed by atoms with van der Waals surface area (Å²) in [5, 5.41) is -0.204. The summed E-state index contributed by atoms with van der Waals surface area (Å²) in [7, 11) is -3.55. The topological polar surface area (TPSA) is 54.5 Å². The third-order valence-corrected chi connectivity index (χ3v) is 4.68. The summed E-state index contributed by atoms with van der Waals surface area (Å²) in [5.74, 6) is -0.112. The third kappa shape index (κ3) is 3.60. The van der Waals surface area contributed by atoms with Crippen molar-refractivity contribution in [2.24, 2.45) is 0 Å². The molecule has 18 heavy (non-hydrogen) atoms. The van der Waals surface area contributed by atoms with E-state index in [1.807, 2.05) is 0 Å². The molecule has 0 N–H and O–H groups in total. The zero-order valence-electron chi connectivity index (χ0n) is 9.98. The summed E-state index contributed by atoms with van der Waals surface area (Å²) in [4.78, 5) is 11.0. The Kier molecular flexibility index (Phi) is 5.01. The van der Waals surface area contributed by atoms with Crippen LogP contribution in [0.3, 0.4) is 0 Å². The fraction of sp³-hybridized carbons (Fsp3) is 0.364. The van der Waals surface area contributed by atoms with Gasteiger partial charge in [-0.05, 0) is 49.2 Å². The van der Waals surface area contributed by atoms with Crippen LogP contribution in [-0.2, 0) is 14.8 Å². The van der Waals surface area contributed by atoms with E-state index in [0.29, 0.717) is 10.7 Å². The molecule has 0 heterocycles. The number of sulfonamides is 1. The predicted molar refractivity (Wildman–Crippen MR) is 73.9 cm³/mol. The number of hydrogen-bond acceptors (Lipinski definition) is 3. The number of rotatable bonds is 5. The first-order valence-corrected chi connectivity index (χ1v) is 7.59. The molecule has 100 valence electrons. The summed E-state index contributed by atoms with van der Waals surface area (Å²) >= 11 is 11.2. The molecule has 0 aliphatic carbocycles. The molecule has 0 saturated carbocycles. The molecular weight excluding hydrogens is 297 g/mol. The minimum atomic E-state index is -3.55. The Hall–Kier alpha value is -0.780. The highest BCUT2D eigenvalue weighted by molar-refractivity contribution is 7.92. The Bertz CT molecular complexity index is 557. The largest absolute Gasteiger partial charge is 0.279 e. The summed E-state index contributed by atoms with van der Waals surface area (Å²) in [6.45, 7) is 2.87. The lowest BCUT2D eigenvalue weighted by Crippen LogP contribution is -2.35. The molecule has 0 spiro atoms. The number of carbonyl (C=O) groups is 1. The van der Waals surface area contributed by atoms with Crippen LogP contribution in [0.25, 0.3) is 0 Å². The first-order chi connectivity index (χ1) is 8.27. The monoisotopic (exact) mass is 309 g/mol. The highest BCUT2D eigenvalue weighted by Gasteiger charge is 2.23. The quantitative estimate of drug-likeness (QED) is 0.786. The van der Waals surface area contributed by atoms with Crippen molar-refractivity contribution < 1.29 is 13.2 Å². The molecule has 0 aliphatic rings. The SMILES string of the molecule is CCS(=O)(=O)N(CC(=O)Cl)c1ccc(Cl)c(C)c1. The Balaban J connectivity index is 3.26. The second kappa shape index (κ2) is 5.91. The van der Waals surface area contributed by atoms with Gasteiger partial charge in [-0.2, -0.15) is 0 Å². The van der Waals surface area contributed by atoms with Gasteiger partial charge in [0.25, 0.3) is 0 Å². The van der Waals surface area contributed by atoms with Gasteiger partial charge in [-0.3, -0.25) is 9.10 Å². The lowest BCUT2D eigenvalue weighted by molar-refractivity contribution is -0.110. The van der Waals surface area contributed by atoms with E-state index in [1.165, 1.54) is 6.92 Å². The summed E-state index contributed by atoms with van der Waals surface area (Å²) in [5.41, 5.74) is 1.11. The van der Waals surface area contributed by atoms with Gasteiger partial charge in [0.05, 0.1) is 11.4 Å². The fourth-order valence-corrected chi connectivity index (χ4v) is 2.77. The minimum Gasteiger partial charge on any atom is -0.279 e. The van der Waals surface area contributed by atoms with Gasteiger partial charge < -0.3 is 0 Å². The van der Waals surface area contributed by atoms with E-state index in [-0.39, 0.29) is 5.75 Å². The van der Waals surface area contributed by atoms with Crippen molar-refractivity contribution in [1.82, 2.24) is 0 Å². The van der Waals surface area contributed by atoms with Crippen LogP contribution in [0, 0.1) is 6.92 Å². The Labute approximate surface area is 117 Å². The average molecular weight is 310 g/mol. The average Bonchev–Trinajstić information content (AvgIpc) is 2.29. The van der Waals surface area contributed by atoms with E-state index in [1.54, 1.807) is 25.1 Å². The number of hydrogen-bond donors (Lipinski definition) is 0. The zero-order chi connectivity index (χ0) is 13.9. The van der Waals surface area contributed by atoms with Gasteiger partial charge >= 0.3 is 0 Å². The van der Waals surface area contributed by atoms with Gasteiger partial charge in [0.2, 0.25) is 15.3 Å². The Morgan fingerprint density at radius 2 is 2.00 bits per heavy atom. The molecule has 0 bridgehead atoms. The number of carbonyl (C=O) groups excluding carboxylic acids is 1. The maximum Gasteiger partial charge on any atom is 0.242 e. The van der Waals surface area contributed by atoms with Crippen LogP contribution in [0.5, 0.6) is 0 Å². The summed E-state index contributed by atoms with van der Waals surface area (Å²) < 4.78 is 24.8. The molecule has 0 aromatic heterocycles. The second-order valence-corrected chi connectivity index (χ2v) is 6.71. The molecule has 0 amide bonds. The van der Waals surface area contributed by atoms with Gasteiger partial charge in [-0.25, -0.2) is 8.42 Å². The number of benzene rings is 1. The van der Waals surface area contributed by atoms with Gasteiger partial charge in [-0.1, -0.05) is 11.6 Å². The van der Waals surface area contributed by atoms with E-state index in [2.05, 4.69) is 0 Å². The highest BCUT2D eigenvalue weighted by atomic mass is 35.5. The number of nitrogens with zero attached hydrogens (tertiary/aromatic N) is 1. The van der Waals surface area contributed by atoms with Crippen molar-refractivity contribution in [2.45, 2.75) is 13.8 Å². The van der Waals surface area contributed by atoms with E-state index >= 15 is 0 Å². The highest BCUT2D eigenvalue weighted by Crippen LogP contribution is 2.24. The fourth-order valence-electron chi connectivity index (χ4n) is 1.40. The Morgan fingerprint density at radius 1 is 1.39 bits per heavy atom. The van der Waals surface area contributed by atoms with Crippen molar-refractivity contribution in [3.05, 3.63) is 28.8 Å². The van der Waals surface area contributed by atoms with E-state index in [0.717, 1.165) is 9.87 Å². The number of halogens is 2. The molecule has 0 radical (unpaired) electrons. The van der Waals surface area contributed by atoms with Gasteiger partial charge in [-0.15, -0.1) is 0 Å². The van der Waals surface area contributed by atoms with Crippen LogP contribution in [0.4, 0.5) is 5.69 Å². The molecule has 0 unspecified atom stereocenters. The predicted octanol–water partition coefficient (Wildman–Crippen LogP) is 2.57. The van der Waals surface area contributed by atoms with Crippen LogP contribution in [0.2, 0.25) is 5.02 Å². The van der Waals surface area contributed by atoms with Crippen molar-refractivity contribution in [2.75, 3.05) is 16.6 Å². The summed E-state index contributed by atoms with van der Waals surface area (Å²) in [6.07, 6.45) is 0. The minimum absolute atomic E-state index is 0.112. The first-order valence-electron chi connectivity index (χ1n) is 5.23. The molecule has 0 atom stereocenters.